The van der Waals surface area contributed by atoms with Crippen LogP contribution < -0.4 is 4.74 Å². The summed E-state index contributed by atoms with van der Waals surface area (Å²) in [5.41, 5.74) is 0.648. The molecule has 0 bridgehead atoms. The molecule has 0 aromatic heterocycles. The van der Waals surface area contributed by atoms with Crippen LogP contribution in [0.3, 0.4) is 0 Å². The minimum absolute atomic E-state index is 0.00717. The van der Waals surface area contributed by atoms with Crippen LogP contribution in [-0.4, -0.2) is 18.1 Å². The summed E-state index contributed by atoms with van der Waals surface area (Å²) in [4.78, 5) is -0.579. The van der Waals surface area contributed by atoms with E-state index in [1.165, 1.54) is 25.3 Å². The molecule has 5 nitrogen and oxygen atoms in total. The Labute approximate surface area is 155 Å². The van der Waals surface area contributed by atoms with Gasteiger partial charge in [-0.1, -0.05) is 63.3 Å². The maximum atomic E-state index is 11.8. The predicted octanol–water partition coefficient (Wildman–Crippen LogP) is 5.33. The third-order valence-corrected chi connectivity index (χ3v) is 5.10. The first-order valence-corrected chi connectivity index (χ1v) is 10.4. The van der Waals surface area contributed by atoms with Crippen molar-refractivity contribution in [3.05, 3.63) is 48.0 Å². The molecule has 0 heterocycles. The van der Waals surface area contributed by atoms with Gasteiger partial charge in [-0.25, -0.2) is 0 Å². The fraction of sp³-hybridized carbons (Fsp3) is 0.400. The molecule has 0 aliphatic carbocycles. The molecular formula is C20H26O5S. The van der Waals surface area contributed by atoms with Gasteiger partial charge in [-0.3, -0.25) is 4.55 Å². The smallest absolute Gasteiger partial charge is 0.301 e. The maximum absolute atomic E-state index is 11.8. The number of benzene rings is 2. The Bertz CT molecular complexity index is 800. The largest absolute Gasteiger partial charge is 0.506 e. The molecule has 0 radical (unpaired) electrons. The van der Waals surface area contributed by atoms with Crippen LogP contribution in [0.25, 0.3) is 0 Å². The van der Waals surface area contributed by atoms with E-state index in [0.29, 0.717) is 17.7 Å². The first-order valence-electron chi connectivity index (χ1n) is 8.98. The summed E-state index contributed by atoms with van der Waals surface area (Å²) in [7, 11) is -4.62. The summed E-state index contributed by atoms with van der Waals surface area (Å²) >= 11 is 0. The van der Waals surface area contributed by atoms with Crippen molar-refractivity contribution in [2.45, 2.75) is 56.8 Å². The Morgan fingerprint density at radius 2 is 1.58 bits per heavy atom. The molecule has 142 valence electrons. The first-order chi connectivity index (χ1) is 12.4. The van der Waals surface area contributed by atoms with Crippen LogP contribution in [0.15, 0.2) is 47.4 Å². The number of rotatable bonds is 10. The van der Waals surface area contributed by atoms with Crippen molar-refractivity contribution in [3.63, 3.8) is 0 Å². The number of hydrogen-bond acceptors (Lipinski definition) is 4. The Balaban J connectivity index is 2.26. The lowest BCUT2D eigenvalue weighted by molar-refractivity contribution is 0.411. The van der Waals surface area contributed by atoms with Gasteiger partial charge < -0.3 is 9.84 Å². The number of aromatic hydroxyl groups is 1. The van der Waals surface area contributed by atoms with Gasteiger partial charge >= 0.3 is 10.1 Å². The molecule has 0 saturated carbocycles. The molecule has 0 aliphatic rings. The number of para-hydroxylation sites is 1. The number of unbranched alkanes of at least 4 members (excludes halogenated alkanes) is 5. The van der Waals surface area contributed by atoms with Crippen LogP contribution >= 0.6 is 0 Å². The van der Waals surface area contributed by atoms with Gasteiger partial charge in [-0.05, 0) is 36.6 Å². The van der Waals surface area contributed by atoms with Crippen LogP contribution in [0.5, 0.6) is 17.2 Å². The molecule has 6 heteroatoms. The lowest BCUT2D eigenvalue weighted by atomic mass is 10.0. The lowest BCUT2D eigenvalue weighted by Gasteiger charge is -2.15. The zero-order valence-corrected chi connectivity index (χ0v) is 15.8. The molecule has 26 heavy (non-hydrogen) atoms. The third kappa shape index (κ3) is 5.75. The second-order valence-corrected chi connectivity index (χ2v) is 7.67. The Morgan fingerprint density at radius 3 is 2.23 bits per heavy atom. The summed E-state index contributed by atoms with van der Waals surface area (Å²) in [5.74, 6) is -0.0930. The molecule has 0 amide bonds. The number of phenolic OH excluding ortho intramolecular Hbond substituents is 1. The maximum Gasteiger partial charge on any atom is 0.301 e. The minimum atomic E-state index is -4.62. The molecule has 0 saturated heterocycles. The summed E-state index contributed by atoms with van der Waals surface area (Å²) in [6.07, 6.45) is 7.25. The number of ether oxygens (including phenoxy) is 1. The topological polar surface area (TPSA) is 83.8 Å². The standard InChI is InChI=1S/C20H26O5S/c1-2-3-4-5-6-8-11-16-14-15-18(21)20(26(22,23)24)19(16)25-17-12-9-7-10-13-17/h7,9-10,12-15,21H,2-6,8,11H2,1H3,(H,22,23,24). The van der Waals surface area contributed by atoms with Crippen molar-refractivity contribution in [2.75, 3.05) is 0 Å². The van der Waals surface area contributed by atoms with Crippen molar-refractivity contribution < 1.29 is 22.8 Å². The normalized spacial score (nSPS) is 11.5. The molecule has 2 aromatic rings. The van der Waals surface area contributed by atoms with Gasteiger partial charge in [0.05, 0.1) is 0 Å². The van der Waals surface area contributed by atoms with Crippen molar-refractivity contribution in [3.8, 4) is 17.2 Å². The Kier molecular flexibility index (Phi) is 7.48. The summed E-state index contributed by atoms with van der Waals surface area (Å²) < 4.78 is 38.9. The van der Waals surface area contributed by atoms with Crippen molar-refractivity contribution in [1.29, 1.82) is 0 Å². The number of phenols is 1. The van der Waals surface area contributed by atoms with Crippen LogP contribution in [0.1, 0.15) is 51.0 Å². The highest BCUT2D eigenvalue weighted by atomic mass is 32.2. The second-order valence-electron chi connectivity index (χ2n) is 6.31. The molecule has 2 aromatic carbocycles. The fourth-order valence-corrected chi connectivity index (χ4v) is 3.59. The van der Waals surface area contributed by atoms with E-state index >= 15 is 0 Å². The third-order valence-electron chi connectivity index (χ3n) is 4.19. The van der Waals surface area contributed by atoms with E-state index < -0.39 is 20.8 Å². The fourth-order valence-electron chi connectivity index (χ4n) is 2.85. The van der Waals surface area contributed by atoms with Gasteiger partial charge in [0.15, 0.2) is 10.6 Å². The summed E-state index contributed by atoms with van der Waals surface area (Å²) in [6, 6.07) is 11.6. The van der Waals surface area contributed by atoms with Gasteiger partial charge in [0.25, 0.3) is 0 Å². The van der Waals surface area contributed by atoms with Crippen molar-refractivity contribution in [2.24, 2.45) is 0 Å². The Morgan fingerprint density at radius 1 is 0.923 bits per heavy atom. The van der Waals surface area contributed by atoms with E-state index in [-0.39, 0.29) is 5.75 Å². The van der Waals surface area contributed by atoms with E-state index in [2.05, 4.69) is 6.92 Å². The number of aryl methyl sites for hydroxylation is 1. The molecule has 0 spiro atoms. The predicted molar refractivity (Wildman–Crippen MR) is 102 cm³/mol. The quantitative estimate of drug-likeness (QED) is 0.431. The Hall–Kier alpha value is -2.05. The van der Waals surface area contributed by atoms with Crippen LogP contribution in [0.4, 0.5) is 0 Å². The van der Waals surface area contributed by atoms with Gasteiger partial charge in [-0.2, -0.15) is 8.42 Å². The van der Waals surface area contributed by atoms with Gasteiger partial charge in [0, 0.05) is 0 Å². The van der Waals surface area contributed by atoms with E-state index in [9.17, 15) is 18.1 Å². The van der Waals surface area contributed by atoms with Crippen molar-refractivity contribution >= 4 is 10.1 Å². The highest BCUT2D eigenvalue weighted by molar-refractivity contribution is 7.86. The molecule has 0 aliphatic heterocycles. The monoisotopic (exact) mass is 378 g/mol. The van der Waals surface area contributed by atoms with Crippen molar-refractivity contribution in [1.82, 2.24) is 0 Å². The van der Waals surface area contributed by atoms with E-state index in [4.69, 9.17) is 4.74 Å². The molecule has 2 N–H and O–H groups in total. The molecule has 2 rings (SSSR count). The van der Waals surface area contributed by atoms with Crippen LogP contribution in [0.2, 0.25) is 0 Å². The van der Waals surface area contributed by atoms with E-state index in [1.807, 2.05) is 6.07 Å². The van der Waals surface area contributed by atoms with E-state index in [1.54, 1.807) is 30.3 Å². The summed E-state index contributed by atoms with van der Waals surface area (Å²) in [6.45, 7) is 2.17. The zero-order chi connectivity index (χ0) is 19.0. The van der Waals surface area contributed by atoms with Crippen LogP contribution in [-0.2, 0) is 16.5 Å². The molecule has 0 unspecified atom stereocenters. The average Bonchev–Trinajstić information content (AvgIpc) is 2.59. The summed E-state index contributed by atoms with van der Waals surface area (Å²) in [5, 5.41) is 9.98. The van der Waals surface area contributed by atoms with Gasteiger partial charge in [0.1, 0.15) is 11.5 Å². The van der Waals surface area contributed by atoms with Gasteiger partial charge in [0.2, 0.25) is 0 Å². The molecule has 0 fully saturated rings. The lowest BCUT2D eigenvalue weighted by Crippen LogP contribution is -2.04. The second kappa shape index (κ2) is 9.59. The zero-order valence-electron chi connectivity index (χ0n) is 15.0. The molecule has 0 atom stereocenters. The van der Waals surface area contributed by atoms with E-state index in [0.717, 1.165) is 19.3 Å². The SMILES string of the molecule is CCCCCCCCc1ccc(O)c(S(=O)(=O)O)c1Oc1ccccc1. The first kappa shape index (κ1) is 20.3. The average molecular weight is 378 g/mol. The van der Waals surface area contributed by atoms with Gasteiger partial charge in [-0.15, -0.1) is 0 Å². The number of hydrogen-bond donors (Lipinski definition) is 2. The minimum Gasteiger partial charge on any atom is -0.506 e. The highest BCUT2D eigenvalue weighted by Crippen LogP contribution is 2.39. The highest BCUT2D eigenvalue weighted by Gasteiger charge is 2.25. The molecular weight excluding hydrogens is 352 g/mol. The van der Waals surface area contributed by atoms with Crippen LogP contribution in [0, 0.1) is 0 Å².